The third-order valence-corrected chi connectivity index (χ3v) is 11.3. The van der Waals surface area contributed by atoms with E-state index in [2.05, 4.69) is 107 Å². The number of benzene rings is 8. The van der Waals surface area contributed by atoms with Crippen molar-refractivity contribution in [3.05, 3.63) is 182 Å². The van der Waals surface area contributed by atoms with Gasteiger partial charge < -0.3 is 0 Å². The SMILES string of the molecule is c1ccc(-c2nc(-c3cccc4ccccc34)nc(-c3ccc4ccc5c(-c6nc(-c7ccccn7)nc(-c7cccc8ccccc78)n6)ccc6ccc3c4c65)n2)nc1. The minimum absolute atomic E-state index is 0.511. The van der Waals surface area contributed by atoms with Crippen molar-refractivity contribution in [2.24, 2.45) is 0 Å². The van der Waals surface area contributed by atoms with Crippen molar-refractivity contribution in [3.8, 4) is 68.6 Å². The maximum absolute atomic E-state index is 5.21. The molecule has 0 unspecified atom stereocenters. The molecule has 0 saturated heterocycles. The lowest BCUT2D eigenvalue weighted by Crippen LogP contribution is -2.02. The molecule has 4 aromatic heterocycles. The van der Waals surface area contributed by atoms with Gasteiger partial charge in [0.05, 0.1) is 0 Å². The van der Waals surface area contributed by atoms with Crippen LogP contribution in [0.1, 0.15) is 0 Å². The highest BCUT2D eigenvalue weighted by Gasteiger charge is 2.21. The zero-order valence-corrected chi connectivity index (χ0v) is 31.9. The molecule has 0 atom stereocenters. The molecule has 60 heavy (non-hydrogen) atoms. The van der Waals surface area contributed by atoms with Crippen molar-refractivity contribution in [1.82, 2.24) is 39.9 Å². The number of nitrogens with zero attached hydrogens (tertiary/aromatic N) is 8. The smallest absolute Gasteiger partial charge is 0.182 e. The van der Waals surface area contributed by atoms with Crippen LogP contribution in [0.25, 0.3) is 122 Å². The lowest BCUT2D eigenvalue weighted by atomic mass is 9.89. The van der Waals surface area contributed by atoms with Gasteiger partial charge in [-0.3, -0.25) is 9.97 Å². The van der Waals surface area contributed by atoms with Crippen molar-refractivity contribution in [3.63, 3.8) is 0 Å². The number of pyridine rings is 2. The van der Waals surface area contributed by atoms with E-state index in [4.69, 9.17) is 29.9 Å². The topological polar surface area (TPSA) is 103 Å². The fourth-order valence-corrected chi connectivity index (χ4v) is 8.48. The van der Waals surface area contributed by atoms with E-state index in [1.807, 2.05) is 72.8 Å². The van der Waals surface area contributed by atoms with Gasteiger partial charge in [-0.2, -0.15) is 0 Å². The molecular formula is C52H30N8. The molecule has 278 valence electrons. The molecule has 0 aliphatic carbocycles. The average Bonchev–Trinajstić information content (AvgIpc) is 3.33. The molecule has 8 nitrogen and oxygen atoms in total. The molecule has 0 saturated carbocycles. The van der Waals surface area contributed by atoms with E-state index in [0.717, 1.165) is 76.1 Å². The standard InChI is InChI=1S/C52H30N8/c1-3-15-35-31(11-1)13-9-17-39(35)47-55-49(59-51(57-47)43-19-5-7-29-53-43)41-27-23-33-22-26-38-42(28-24-34-21-25-37(41)45(33)46(34)38)50-56-48(58-52(60-50)44-20-6-8-30-54-44)40-18-10-14-32-12-2-4-16-36(32)40/h1-30H. The Labute approximate surface area is 343 Å². The maximum atomic E-state index is 5.21. The summed E-state index contributed by atoms with van der Waals surface area (Å²) in [5.41, 5.74) is 5.02. The van der Waals surface area contributed by atoms with Crippen molar-refractivity contribution in [2.45, 2.75) is 0 Å². The van der Waals surface area contributed by atoms with Gasteiger partial charge in [-0.05, 0) is 90.3 Å². The average molecular weight is 767 g/mol. The van der Waals surface area contributed by atoms with Gasteiger partial charge in [-0.1, -0.05) is 133 Å². The van der Waals surface area contributed by atoms with Crippen LogP contribution in [0, 0.1) is 0 Å². The Morgan fingerprint density at radius 3 is 1.03 bits per heavy atom. The van der Waals surface area contributed by atoms with Crippen LogP contribution in [0.4, 0.5) is 0 Å². The van der Waals surface area contributed by atoms with Crippen molar-refractivity contribution < 1.29 is 0 Å². The highest BCUT2D eigenvalue weighted by atomic mass is 15.1. The largest absolute Gasteiger partial charge is 0.253 e. The Hall–Kier alpha value is -8.36. The van der Waals surface area contributed by atoms with Crippen molar-refractivity contribution in [2.75, 3.05) is 0 Å². The number of rotatable bonds is 6. The van der Waals surface area contributed by atoms with Crippen molar-refractivity contribution >= 4 is 53.9 Å². The third kappa shape index (κ3) is 5.54. The minimum atomic E-state index is 0.511. The number of hydrogen-bond donors (Lipinski definition) is 0. The summed E-state index contributed by atoms with van der Waals surface area (Å²) in [4.78, 5) is 40.0. The molecule has 0 aliphatic rings. The van der Waals surface area contributed by atoms with Crippen LogP contribution in [0.15, 0.2) is 182 Å². The van der Waals surface area contributed by atoms with Crippen LogP contribution in [-0.4, -0.2) is 39.9 Å². The molecule has 0 aliphatic heterocycles. The molecule has 0 spiro atoms. The second kappa shape index (κ2) is 13.6. The van der Waals surface area contributed by atoms with Crippen LogP contribution in [0.3, 0.4) is 0 Å². The quantitative estimate of drug-likeness (QED) is 0.154. The highest BCUT2D eigenvalue weighted by Crippen LogP contribution is 2.42. The molecule has 12 rings (SSSR count). The van der Waals surface area contributed by atoms with Crippen LogP contribution >= 0.6 is 0 Å². The summed E-state index contributed by atoms with van der Waals surface area (Å²) < 4.78 is 0. The number of aromatic nitrogens is 8. The molecule has 0 amide bonds. The summed E-state index contributed by atoms with van der Waals surface area (Å²) in [6, 6.07) is 57.9. The molecule has 8 aromatic carbocycles. The summed E-state index contributed by atoms with van der Waals surface area (Å²) in [7, 11) is 0. The Balaban J connectivity index is 1.09. The fourth-order valence-electron chi connectivity index (χ4n) is 8.48. The van der Waals surface area contributed by atoms with E-state index in [1.54, 1.807) is 12.4 Å². The van der Waals surface area contributed by atoms with Gasteiger partial charge in [-0.15, -0.1) is 0 Å². The van der Waals surface area contributed by atoms with Crippen molar-refractivity contribution in [1.29, 1.82) is 0 Å². The minimum Gasteiger partial charge on any atom is -0.253 e. The molecular weight excluding hydrogens is 737 g/mol. The monoisotopic (exact) mass is 766 g/mol. The Kier molecular flexibility index (Phi) is 7.67. The molecule has 8 heteroatoms. The zero-order valence-electron chi connectivity index (χ0n) is 31.9. The highest BCUT2D eigenvalue weighted by molar-refractivity contribution is 6.27. The van der Waals surface area contributed by atoms with Gasteiger partial charge in [0, 0.05) is 34.6 Å². The summed E-state index contributed by atoms with van der Waals surface area (Å²) >= 11 is 0. The Morgan fingerprint density at radius 1 is 0.233 bits per heavy atom. The number of fused-ring (bicyclic) bond motifs is 2. The summed E-state index contributed by atoms with van der Waals surface area (Å²) in [6.07, 6.45) is 3.53. The van der Waals surface area contributed by atoms with Gasteiger partial charge in [0.25, 0.3) is 0 Å². The van der Waals surface area contributed by atoms with Gasteiger partial charge in [-0.25, -0.2) is 29.9 Å². The zero-order chi connectivity index (χ0) is 39.6. The first-order valence-electron chi connectivity index (χ1n) is 19.8. The predicted molar refractivity (Wildman–Crippen MR) is 240 cm³/mol. The maximum Gasteiger partial charge on any atom is 0.182 e. The molecule has 0 fully saturated rings. The second-order valence-electron chi connectivity index (χ2n) is 14.7. The summed E-state index contributed by atoms with van der Waals surface area (Å²) in [5.74, 6) is 3.35. The lowest BCUT2D eigenvalue weighted by Gasteiger charge is -2.16. The molecule has 4 heterocycles. The van der Waals surface area contributed by atoms with Gasteiger partial charge in [0.15, 0.2) is 34.9 Å². The summed E-state index contributed by atoms with van der Waals surface area (Å²) in [5, 5.41) is 10.9. The normalized spacial score (nSPS) is 11.7. The Morgan fingerprint density at radius 2 is 0.600 bits per heavy atom. The van der Waals surface area contributed by atoms with E-state index >= 15 is 0 Å². The Bertz CT molecular complexity index is 3360. The van der Waals surface area contributed by atoms with Crippen LogP contribution in [0.5, 0.6) is 0 Å². The second-order valence-corrected chi connectivity index (χ2v) is 14.7. The number of hydrogen-bond acceptors (Lipinski definition) is 8. The van der Waals surface area contributed by atoms with Crippen LogP contribution < -0.4 is 0 Å². The third-order valence-electron chi connectivity index (χ3n) is 11.3. The molecule has 0 radical (unpaired) electrons. The van der Waals surface area contributed by atoms with E-state index < -0.39 is 0 Å². The van der Waals surface area contributed by atoms with E-state index in [0.29, 0.717) is 46.3 Å². The molecule has 0 bridgehead atoms. The first kappa shape index (κ1) is 33.7. The first-order chi connectivity index (χ1) is 29.7. The van der Waals surface area contributed by atoms with Gasteiger partial charge in [0.1, 0.15) is 11.4 Å². The lowest BCUT2D eigenvalue weighted by molar-refractivity contribution is 1.06. The van der Waals surface area contributed by atoms with E-state index in [9.17, 15) is 0 Å². The van der Waals surface area contributed by atoms with Gasteiger partial charge in [0.2, 0.25) is 0 Å². The molecule has 12 aromatic rings. The molecule has 0 N–H and O–H groups in total. The predicted octanol–water partition coefficient (Wildman–Crippen LogP) is 12.1. The van der Waals surface area contributed by atoms with Gasteiger partial charge >= 0.3 is 0 Å². The van der Waals surface area contributed by atoms with E-state index in [1.165, 1.54) is 0 Å². The first-order valence-corrected chi connectivity index (χ1v) is 19.8. The van der Waals surface area contributed by atoms with Crippen LogP contribution in [-0.2, 0) is 0 Å². The fraction of sp³-hybridized carbons (Fsp3) is 0. The summed E-state index contributed by atoms with van der Waals surface area (Å²) in [6.45, 7) is 0. The van der Waals surface area contributed by atoms with E-state index in [-0.39, 0.29) is 0 Å². The van der Waals surface area contributed by atoms with Crippen LogP contribution in [0.2, 0.25) is 0 Å².